The Kier molecular flexibility index (Phi) is 5.77. The number of nitrogens with zero attached hydrogens (tertiary/aromatic N) is 1. The van der Waals surface area contributed by atoms with Crippen LogP contribution >= 0.6 is 23.2 Å². The van der Waals surface area contributed by atoms with Gasteiger partial charge < -0.3 is 20.5 Å². The summed E-state index contributed by atoms with van der Waals surface area (Å²) in [4.78, 5) is 24.9. The predicted molar refractivity (Wildman–Crippen MR) is 104 cm³/mol. The molecule has 0 unspecified atom stereocenters. The summed E-state index contributed by atoms with van der Waals surface area (Å²) in [5, 5.41) is 9.95. The minimum Gasteiger partial charge on any atom is -0.481 e. The number of nitrogens with two attached hydrogens (primary N) is 1. The Hall–Kier alpha value is -2.44. The molecule has 1 heterocycles. The number of piperidine rings is 1. The Balaban J connectivity index is 1.87. The van der Waals surface area contributed by atoms with Crippen LogP contribution in [0, 0.1) is 5.92 Å². The Morgan fingerprint density at radius 1 is 1.07 bits per heavy atom. The van der Waals surface area contributed by atoms with Crippen molar-refractivity contribution in [3.05, 3.63) is 52.0 Å². The van der Waals surface area contributed by atoms with Gasteiger partial charge in [0.05, 0.1) is 11.5 Å². The molecule has 1 fully saturated rings. The molecule has 3 rings (SSSR count). The lowest BCUT2D eigenvalue weighted by Crippen LogP contribution is -2.36. The number of rotatable bonds is 5. The third kappa shape index (κ3) is 4.64. The summed E-state index contributed by atoms with van der Waals surface area (Å²) in [5.74, 6) is -1.03. The second kappa shape index (κ2) is 8.06. The number of carboxylic acids is 1. The predicted octanol–water partition coefficient (Wildman–Crippen LogP) is 4.19. The van der Waals surface area contributed by atoms with Crippen LogP contribution in [0.3, 0.4) is 0 Å². The van der Waals surface area contributed by atoms with E-state index >= 15 is 0 Å². The molecule has 0 spiro atoms. The van der Waals surface area contributed by atoms with Crippen LogP contribution < -0.4 is 15.4 Å². The van der Waals surface area contributed by atoms with E-state index in [1.165, 1.54) is 0 Å². The quantitative estimate of drug-likeness (QED) is 0.773. The number of carbonyl (C=O) groups excluding carboxylic acids is 1. The minimum absolute atomic E-state index is 0.232. The molecule has 1 aliphatic rings. The van der Waals surface area contributed by atoms with Crippen LogP contribution in [0.5, 0.6) is 11.5 Å². The van der Waals surface area contributed by atoms with Crippen LogP contribution in [0.15, 0.2) is 36.4 Å². The molecule has 8 heteroatoms. The van der Waals surface area contributed by atoms with Crippen molar-refractivity contribution >= 4 is 40.8 Å². The Morgan fingerprint density at radius 3 is 2.26 bits per heavy atom. The summed E-state index contributed by atoms with van der Waals surface area (Å²) in [5.41, 5.74) is 6.52. The van der Waals surface area contributed by atoms with Gasteiger partial charge in [0.15, 0.2) is 0 Å². The number of carboxylic acid groups (broad SMARTS) is 1. The van der Waals surface area contributed by atoms with E-state index in [0.717, 1.165) is 5.69 Å². The van der Waals surface area contributed by atoms with E-state index in [1.807, 2.05) is 0 Å². The van der Waals surface area contributed by atoms with Crippen molar-refractivity contribution in [1.29, 1.82) is 0 Å². The topological polar surface area (TPSA) is 92.9 Å². The zero-order valence-corrected chi connectivity index (χ0v) is 15.8. The summed E-state index contributed by atoms with van der Waals surface area (Å²) in [6, 6.07) is 9.85. The Labute approximate surface area is 166 Å². The minimum atomic E-state index is -0.763. The van der Waals surface area contributed by atoms with Gasteiger partial charge in [-0.15, -0.1) is 0 Å². The molecular formula is C19H18Cl2N2O4. The summed E-state index contributed by atoms with van der Waals surface area (Å²) in [7, 11) is 0. The molecule has 0 aromatic heterocycles. The highest BCUT2D eigenvalue weighted by molar-refractivity contribution is 6.34. The van der Waals surface area contributed by atoms with Gasteiger partial charge in [-0.2, -0.15) is 0 Å². The highest BCUT2D eigenvalue weighted by atomic mass is 35.5. The van der Waals surface area contributed by atoms with Crippen molar-refractivity contribution in [2.24, 2.45) is 11.7 Å². The molecule has 0 aliphatic carbocycles. The first-order chi connectivity index (χ1) is 12.8. The third-order valence-electron chi connectivity index (χ3n) is 4.50. The van der Waals surface area contributed by atoms with Gasteiger partial charge in [-0.05, 0) is 43.2 Å². The first kappa shape index (κ1) is 19.3. The first-order valence-electron chi connectivity index (χ1n) is 8.39. The van der Waals surface area contributed by atoms with Gasteiger partial charge in [0.1, 0.15) is 11.5 Å². The number of hydrogen-bond acceptors (Lipinski definition) is 4. The number of anilines is 1. The first-order valence-corrected chi connectivity index (χ1v) is 9.14. The molecule has 2 aromatic rings. The second-order valence-electron chi connectivity index (χ2n) is 6.35. The number of hydrogen-bond donors (Lipinski definition) is 2. The van der Waals surface area contributed by atoms with Crippen LogP contribution in [0.1, 0.15) is 23.2 Å². The van der Waals surface area contributed by atoms with Gasteiger partial charge in [0, 0.05) is 34.9 Å². The lowest BCUT2D eigenvalue weighted by molar-refractivity contribution is -0.142. The van der Waals surface area contributed by atoms with E-state index in [0.29, 0.717) is 47.5 Å². The lowest BCUT2D eigenvalue weighted by atomic mass is 9.96. The number of carbonyl (C=O) groups is 2. The van der Waals surface area contributed by atoms with Gasteiger partial charge in [0.2, 0.25) is 0 Å². The zero-order chi connectivity index (χ0) is 19.6. The molecule has 0 atom stereocenters. The fourth-order valence-electron chi connectivity index (χ4n) is 3.09. The summed E-state index contributed by atoms with van der Waals surface area (Å²) < 4.78 is 5.83. The van der Waals surface area contributed by atoms with Crippen LogP contribution in [-0.2, 0) is 4.79 Å². The average Bonchev–Trinajstić information content (AvgIpc) is 2.60. The average molecular weight is 409 g/mol. The second-order valence-corrected chi connectivity index (χ2v) is 7.22. The van der Waals surface area contributed by atoms with Gasteiger partial charge in [-0.1, -0.05) is 23.2 Å². The molecule has 142 valence electrons. The summed E-state index contributed by atoms with van der Waals surface area (Å²) >= 11 is 12.0. The van der Waals surface area contributed by atoms with E-state index in [4.69, 9.17) is 38.8 Å². The summed E-state index contributed by atoms with van der Waals surface area (Å²) in [6.45, 7) is 1.21. The maximum atomic E-state index is 11.8. The number of ether oxygens (including phenoxy) is 1. The maximum absolute atomic E-state index is 11.8. The van der Waals surface area contributed by atoms with E-state index < -0.39 is 11.9 Å². The van der Waals surface area contributed by atoms with Crippen molar-refractivity contribution in [2.75, 3.05) is 18.0 Å². The van der Waals surface area contributed by atoms with Crippen LogP contribution in [-0.4, -0.2) is 30.1 Å². The molecule has 1 amide bonds. The number of benzene rings is 2. The summed E-state index contributed by atoms with van der Waals surface area (Å²) in [6.07, 6.45) is 1.12. The molecule has 1 saturated heterocycles. The molecule has 0 radical (unpaired) electrons. The highest BCUT2D eigenvalue weighted by Gasteiger charge is 2.25. The zero-order valence-electron chi connectivity index (χ0n) is 14.3. The van der Waals surface area contributed by atoms with E-state index in [1.54, 1.807) is 36.4 Å². The van der Waals surface area contributed by atoms with Crippen molar-refractivity contribution in [3.63, 3.8) is 0 Å². The van der Waals surface area contributed by atoms with E-state index in [9.17, 15) is 9.59 Å². The number of amides is 1. The molecule has 0 bridgehead atoms. The van der Waals surface area contributed by atoms with Crippen molar-refractivity contribution < 1.29 is 19.4 Å². The molecule has 3 N–H and O–H groups in total. The molecule has 6 nitrogen and oxygen atoms in total. The molecule has 1 aliphatic heterocycles. The molecule has 27 heavy (non-hydrogen) atoms. The number of aliphatic carboxylic acids is 1. The lowest BCUT2D eigenvalue weighted by Gasteiger charge is -2.32. The fourth-order valence-corrected chi connectivity index (χ4v) is 3.60. The smallest absolute Gasteiger partial charge is 0.306 e. The number of primary amides is 1. The van der Waals surface area contributed by atoms with Crippen molar-refractivity contribution in [3.8, 4) is 11.5 Å². The van der Waals surface area contributed by atoms with Gasteiger partial charge >= 0.3 is 5.97 Å². The van der Waals surface area contributed by atoms with E-state index in [2.05, 4.69) is 4.90 Å². The van der Waals surface area contributed by atoms with Crippen LogP contribution in [0.25, 0.3) is 0 Å². The van der Waals surface area contributed by atoms with Crippen molar-refractivity contribution in [2.45, 2.75) is 12.8 Å². The van der Waals surface area contributed by atoms with Gasteiger partial charge in [-0.3, -0.25) is 9.59 Å². The largest absolute Gasteiger partial charge is 0.481 e. The van der Waals surface area contributed by atoms with Gasteiger partial charge in [0.25, 0.3) is 5.91 Å². The maximum Gasteiger partial charge on any atom is 0.306 e. The van der Waals surface area contributed by atoms with Crippen LogP contribution in [0.2, 0.25) is 10.0 Å². The Bertz CT molecular complexity index is 860. The van der Waals surface area contributed by atoms with Gasteiger partial charge in [-0.25, -0.2) is 0 Å². The van der Waals surface area contributed by atoms with E-state index in [-0.39, 0.29) is 11.5 Å². The third-order valence-corrected chi connectivity index (χ3v) is 4.94. The SMILES string of the molecule is NC(=O)c1ccc(N2CCC(C(=O)O)CC2)cc1Oc1cc(Cl)cc(Cl)c1. The molecule has 2 aromatic carbocycles. The molecule has 0 saturated carbocycles. The van der Waals surface area contributed by atoms with Crippen LogP contribution in [0.4, 0.5) is 5.69 Å². The fraction of sp³-hybridized carbons (Fsp3) is 0.263. The van der Waals surface area contributed by atoms with Crippen molar-refractivity contribution in [1.82, 2.24) is 0 Å². The Morgan fingerprint density at radius 2 is 1.70 bits per heavy atom. The monoisotopic (exact) mass is 408 g/mol. The standard InChI is InChI=1S/C19H18Cl2N2O4/c20-12-7-13(21)9-15(8-12)27-17-10-14(1-2-16(17)18(22)24)23-5-3-11(4-6-23)19(25)26/h1-2,7-11H,3-6H2,(H2,22,24)(H,25,26). The normalized spacial score (nSPS) is 14.8. The molecular weight excluding hydrogens is 391 g/mol. The number of halogens is 2. The highest BCUT2D eigenvalue weighted by Crippen LogP contribution is 2.34.